The Bertz CT molecular complexity index is 1020. The monoisotopic (exact) mass is 340 g/mol. The third-order valence-electron chi connectivity index (χ3n) is 5.72. The van der Waals surface area contributed by atoms with Gasteiger partial charge in [0.05, 0.1) is 0 Å². The number of anilines is 1. The standard InChI is InChI=1S/C23H20N2O/c1-2-24-21-13-7-6-12-20(21)23(22(24)26)19(17-9-4-3-5-10-17)15-14-18-11-8-16-25(18)23/h3-16,19H,2H2,1H3/t19-,23+/m0/s1. The minimum absolute atomic E-state index is 0.0474. The molecular weight excluding hydrogens is 320 g/mol. The molecule has 0 bridgehead atoms. The number of benzene rings is 2. The Balaban J connectivity index is 1.86. The van der Waals surface area contributed by atoms with Crippen LogP contribution in [0.1, 0.15) is 29.7 Å². The number of hydrogen-bond acceptors (Lipinski definition) is 1. The Morgan fingerprint density at radius 2 is 1.73 bits per heavy atom. The fourth-order valence-electron chi connectivity index (χ4n) is 4.66. The predicted octanol–water partition coefficient (Wildman–Crippen LogP) is 4.41. The molecule has 2 aliphatic heterocycles. The van der Waals surface area contributed by atoms with Crippen LogP contribution in [-0.2, 0) is 10.3 Å². The Morgan fingerprint density at radius 3 is 2.54 bits per heavy atom. The van der Waals surface area contributed by atoms with Crippen LogP contribution in [0, 0.1) is 0 Å². The van der Waals surface area contributed by atoms with Crippen molar-refractivity contribution < 1.29 is 4.79 Å². The maximum absolute atomic E-state index is 13.9. The molecule has 0 radical (unpaired) electrons. The normalized spacial score (nSPS) is 23.3. The van der Waals surface area contributed by atoms with Crippen molar-refractivity contribution in [2.45, 2.75) is 18.4 Å². The summed E-state index contributed by atoms with van der Waals surface area (Å²) in [6.45, 7) is 2.71. The zero-order valence-corrected chi connectivity index (χ0v) is 14.7. The molecule has 2 aromatic carbocycles. The van der Waals surface area contributed by atoms with Gasteiger partial charge in [-0.3, -0.25) is 4.79 Å². The van der Waals surface area contributed by atoms with Gasteiger partial charge in [-0.1, -0.05) is 54.6 Å². The van der Waals surface area contributed by atoms with Gasteiger partial charge >= 0.3 is 0 Å². The number of nitrogens with zero attached hydrogens (tertiary/aromatic N) is 2. The summed E-state index contributed by atoms with van der Waals surface area (Å²) in [6, 6.07) is 22.7. The number of carbonyl (C=O) groups is 1. The first-order valence-electron chi connectivity index (χ1n) is 9.11. The topological polar surface area (TPSA) is 25.2 Å². The summed E-state index contributed by atoms with van der Waals surface area (Å²) >= 11 is 0. The molecule has 2 aliphatic rings. The lowest BCUT2D eigenvalue weighted by molar-refractivity contribution is -0.124. The van der Waals surface area contributed by atoms with E-state index >= 15 is 0 Å². The summed E-state index contributed by atoms with van der Waals surface area (Å²) in [5, 5.41) is 0. The van der Waals surface area contributed by atoms with Crippen molar-refractivity contribution in [2.24, 2.45) is 0 Å². The highest BCUT2D eigenvalue weighted by Gasteiger charge is 2.57. The molecule has 26 heavy (non-hydrogen) atoms. The Labute approximate surface area is 153 Å². The zero-order valence-electron chi connectivity index (χ0n) is 14.7. The van der Waals surface area contributed by atoms with E-state index in [0.717, 1.165) is 22.5 Å². The van der Waals surface area contributed by atoms with Crippen LogP contribution in [0.4, 0.5) is 5.69 Å². The third kappa shape index (κ3) is 1.75. The number of carbonyl (C=O) groups excluding carboxylic acids is 1. The molecule has 0 saturated heterocycles. The second kappa shape index (κ2) is 5.46. The number of fused-ring (bicyclic) bond motifs is 4. The van der Waals surface area contributed by atoms with Crippen molar-refractivity contribution in [1.29, 1.82) is 0 Å². The molecule has 1 aromatic heterocycles. The SMILES string of the molecule is CCN1C(=O)[C@]2(c3ccccc31)[C@H](c1ccccc1)C=Cc1cccn12. The summed E-state index contributed by atoms with van der Waals surface area (Å²) in [6.07, 6.45) is 6.37. The Morgan fingerprint density at radius 1 is 0.962 bits per heavy atom. The first kappa shape index (κ1) is 15.2. The zero-order chi connectivity index (χ0) is 17.7. The van der Waals surface area contributed by atoms with E-state index in [-0.39, 0.29) is 11.8 Å². The van der Waals surface area contributed by atoms with Crippen LogP contribution >= 0.6 is 0 Å². The quantitative estimate of drug-likeness (QED) is 0.678. The average molecular weight is 340 g/mol. The van der Waals surface area contributed by atoms with Crippen LogP contribution in [0.15, 0.2) is 79.0 Å². The number of aromatic nitrogens is 1. The molecular formula is C23H20N2O. The highest BCUT2D eigenvalue weighted by molar-refractivity contribution is 6.09. The Kier molecular flexibility index (Phi) is 3.20. The molecule has 0 fully saturated rings. The van der Waals surface area contributed by atoms with Crippen molar-refractivity contribution in [2.75, 3.05) is 11.4 Å². The largest absolute Gasteiger partial charge is 0.328 e. The molecule has 1 spiro atoms. The van der Waals surface area contributed by atoms with Gasteiger partial charge in [-0.25, -0.2) is 0 Å². The van der Waals surface area contributed by atoms with Crippen LogP contribution in [0.5, 0.6) is 0 Å². The molecule has 0 N–H and O–H groups in total. The molecule has 3 aromatic rings. The van der Waals surface area contributed by atoms with E-state index in [4.69, 9.17) is 0 Å². The molecule has 128 valence electrons. The molecule has 3 heteroatoms. The summed E-state index contributed by atoms with van der Waals surface area (Å²) < 4.78 is 2.17. The number of hydrogen-bond donors (Lipinski definition) is 0. The Hall–Kier alpha value is -3.07. The number of para-hydroxylation sites is 1. The third-order valence-corrected chi connectivity index (χ3v) is 5.72. The van der Waals surface area contributed by atoms with Gasteiger partial charge in [0.2, 0.25) is 0 Å². The van der Waals surface area contributed by atoms with Crippen molar-refractivity contribution in [3.05, 3.63) is 95.8 Å². The first-order chi connectivity index (χ1) is 12.8. The van der Waals surface area contributed by atoms with Gasteiger partial charge in [0.25, 0.3) is 5.91 Å². The average Bonchev–Trinajstić information content (AvgIpc) is 3.26. The van der Waals surface area contributed by atoms with E-state index in [1.165, 1.54) is 0 Å². The van der Waals surface area contributed by atoms with Gasteiger partial charge in [0, 0.05) is 35.6 Å². The fraction of sp³-hybridized carbons (Fsp3) is 0.174. The minimum Gasteiger partial charge on any atom is -0.328 e. The second-order valence-electron chi connectivity index (χ2n) is 6.88. The van der Waals surface area contributed by atoms with Crippen molar-refractivity contribution in [3.63, 3.8) is 0 Å². The highest BCUT2D eigenvalue weighted by atomic mass is 16.2. The van der Waals surface area contributed by atoms with Crippen molar-refractivity contribution in [1.82, 2.24) is 4.57 Å². The summed E-state index contributed by atoms with van der Waals surface area (Å²) in [5.41, 5.74) is 3.57. The van der Waals surface area contributed by atoms with E-state index in [0.29, 0.717) is 6.54 Å². The molecule has 5 rings (SSSR count). The van der Waals surface area contributed by atoms with Crippen LogP contribution < -0.4 is 4.90 Å². The van der Waals surface area contributed by atoms with Crippen LogP contribution in [0.25, 0.3) is 6.08 Å². The fourth-order valence-corrected chi connectivity index (χ4v) is 4.66. The lowest BCUT2D eigenvalue weighted by Crippen LogP contribution is -2.50. The van der Waals surface area contributed by atoms with Crippen molar-refractivity contribution >= 4 is 17.7 Å². The second-order valence-corrected chi connectivity index (χ2v) is 6.88. The first-order valence-corrected chi connectivity index (χ1v) is 9.11. The molecule has 2 atom stereocenters. The van der Waals surface area contributed by atoms with E-state index in [1.807, 2.05) is 54.4 Å². The van der Waals surface area contributed by atoms with Crippen LogP contribution in [-0.4, -0.2) is 17.0 Å². The number of likely N-dealkylation sites (N-methyl/N-ethyl adjacent to an activating group) is 1. The van der Waals surface area contributed by atoms with E-state index in [1.54, 1.807) is 0 Å². The predicted molar refractivity (Wildman–Crippen MR) is 104 cm³/mol. The maximum atomic E-state index is 13.9. The lowest BCUT2D eigenvalue weighted by Gasteiger charge is -2.40. The van der Waals surface area contributed by atoms with E-state index in [9.17, 15) is 4.79 Å². The van der Waals surface area contributed by atoms with Gasteiger partial charge in [0.15, 0.2) is 5.54 Å². The summed E-state index contributed by atoms with van der Waals surface area (Å²) in [5.74, 6) is 0.102. The summed E-state index contributed by atoms with van der Waals surface area (Å²) in [4.78, 5) is 15.8. The van der Waals surface area contributed by atoms with Crippen LogP contribution in [0.3, 0.4) is 0 Å². The van der Waals surface area contributed by atoms with E-state index < -0.39 is 5.54 Å². The van der Waals surface area contributed by atoms with Gasteiger partial charge in [-0.2, -0.15) is 0 Å². The molecule has 0 saturated carbocycles. The number of rotatable bonds is 2. The molecule has 0 aliphatic carbocycles. The molecule has 3 heterocycles. The van der Waals surface area contributed by atoms with Crippen LogP contribution in [0.2, 0.25) is 0 Å². The van der Waals surface area contributed by atoms with Crippen molar-refractivity contribution in [3.8, 4) is 0 Å². The minimum atomic E-state index is -0.762. The van der Waals surface area contributed by atoms with Gasteiger partial charge < -0.3 is 9.47 Å². The van der Waals surface area contributed by atoms with Gasteiger partial charge in [-0.05, 0) is 36.8 Å². The van der Waals surface area contributed by atoms with Gasteiger partial charge in [0.1, 0.15) is 0 Å². The highest BCUT2D eigenvalue weighted by Crippen LogP contribution is 2.53. The van der Waals surface area contributed by atoms with Gasteiger partial charge in [-0.15, -0.1) is 0 Å². The lowest BCUT2D eigenvalue weighted by atomic mass is 9.73. The number of allylic oxidation sites excluding steroid dienone is 1. The molecule has 3 nitrogen and oxygen atoms in total. The molecule has 0 unspecified atom stereocenters. The molecule has 1 amide bonds. The number of amides is 1. The smallest absolute Gasteiger partial charge is 0.258 e. The van der Waals surface area contributed by atoms with E-state index in [2.05, 4.69) is 47.1 Å². The maximum Gasteiger partial charge on any atom is 0.258 e. The summed E-state index contributed by atoms with van der Waals surface area (Å²) in [7, 11) is 0.